The van der Waals surface area contributed by atoms with Gasteiger partial charge in [0.15, 0.2) is 28.9 Å². The quantitative estimate of drug-likeness (QED) is 0.208. The molecule has 0 unspecified atom stereocenters. The minimum Gasteiger partial charge on any atom is -0.388 e. The van der Waals surface area contributed by atoms with E-state index in [1.165, 1.54) is 30.7 Å². The normalized spacial score (nSPS) is 39.3. The van der Waals surface area contributed by atoms with Gasteiger partial charge in [-0.1, -0.05) is 0 Å². The summed E-state index contributed by atoms with van der Waals surface area (Å²) in [5.74, 6) is -0.340. The standard InChI is InChI=1S/C25H32N10O11P2S/c1-40-16-11-5-42-48(39,49-3)46-18-15(36)14(34-8-30-12-19(26)28-7-29-20(12)34)10-4-25(10,18)6-43-47(38,41-2)45-17(16)23(44-11)35-9-31-13-21(35)32-24(27)33-22(13)37/h7-11,14-18,23,36H,4-6H2,1-3H3,(H2,26,28,29)(H3,27,32,33,37)/t10-,11-,14-,15+,16-,17-,18+,23-,25+,47+,48-/m1/s1. The van der Waals surface area contributed by atoms with E-state index in [1.807, 2.05) is 0 Å². The van der Waals surface area contributed by atoms with Gasteiger partial charge >= 0.3 is 14.6 Å². The van der Waals surface area contributed by atoms with Crippen molar-refractivity contribution in [1.29, 1.82) is 0 Å². The van der Waals surface area contributed by atoms with Crippen LogP contribution in [0, 0.1) is 11.3 Å². The van der Waals surface area contributed by atoms with Crippen molar-refractivity contribution in [3.8, 4) is 0 Å². The number of anilines is 2. The van der Waals surface area contributed by atoms with Gasteiger partial charge in [-0.25, -0.2) is 29.1 Å². The molecular weight excluding hydrogens is 710 g/mol. The van der Waals surface area contributed by atoms with E-state index in [2.05, 4.69) is 29.9 Å². The van der Waals surface area contributed by atoms with Gasteiger partial charge in [-0.15, -0.1) is 0 Å². The van der Waals surface area contributed by atoms with Gasteiger partial charge in [-0.05, 0) is 30.0 Å². The van der Waals surface area contributed by atoms with E-state index in [1.54, 1.807) is 10.8 Å². The van der Waals surface area contributed by atoms with Crippen LogP contribution in [0.15, 0.2) is 23.8 Å². The number of nitrogens with one attached hydrogen (secondary N) is 1. The molecule has 11 atom stereocenters. The summed E-state index contributed by atoms with van der Waals surface area (Å²) < 4.78 is 73.3. The molecule has 6 N–H and O–H groups in total. The predicted octanol–water partition coefficient (Wildman–Crippen LogP) is 1.00. The first-order valence-electron chi connectivity index (χ1n) is 14.9. The number of aliphatic hydroxyl groups is 1. The number of hydrogen-bond acceptors (Lipinski definition) is 19. The maximum absolute atomic E-state index is 14.3. The third kappa shape index (κ3) is 5.16. The van der Waals surface area contributed by atoms with E-state index < -0.39 is 68.4 Å². The van der Waals surface area contributed by atoms with E-state index in [9.17, 15) is 19.0 Å². The highest BCUT2D eigenvalue weighted by molar-refractivity contribution is 8.54. The maximum atomic E-state index is 14.3. The number of methoxy groups -OCH3 is 1. The van der Waals surface area contributed by atoms with Crippen LogP contribution in [-0.2, 0) is 41.2 Å². The van der Waals surface area contributed by atoms with Gasteiger partial charge in [0.25, 0.3) is 5.56 Å². The first-order valence-corrected chi connectivity index (χ1v) is 19.8. The Hall–Kier alpha value is -3.01. The number of phosphoric acid groups is 1. The summed E-state index contributed by atoms with van der Waals surface area (Å²) in [6, 6.07) is -0.668. The molecule has 0 radical (unpaired) electrons. The summed E-state index contributed by atoms with van der Waals surface area (Å²) in [5.41, 5.74) is 11.0. The van der Waals surface area contributed by atoms with Crippen molar-refractivity contribution in [2.75, 3.05) is 45.2 Å². The fourth-order valence-electron chi connectivity index (χ4n) is 7.26. The molecular formula is C25H32N10O11P2S. The Morgan fingerprint density at radius 1 is 1.08 bits per heavy atom. The van der Waals surface area contributed by atoms with E-state index >= 15 is 0 Å². The van der Waals surface area contributed by atoms with Crippen molar-refractivity contribution >= 4 is 60.1 Å². The Labute approximate surface area is 280 Å². The largest absolute Gasteiger partial charge is 0.475 e. The van der Waals surface area contributed by atoms with E-state index in [4.69, 9.17) is 43.6 Å². The molecule has 1 spiro atoms. The number of phosphoric ester groups is 1. The summed E-state index contributed by atoms with van der Waals surface area (Å²) in [6.07, 6.45) is -0.732. The van der Waals surface area contributed by atoms with Crippen molar-refractivity contribution in [3.05, 3.63) is 29.3 Å². The van der Waals surface area contributed by atoms with Crippen LogP contribution in [0.3, 0.4) is 0 Å². The van der Waals surface area contributed by atoms with Gasteiger partial charge in [-0.2, -0.15) is 4.98 Å². The highest BCUT2D eigenvalue weighted by atomic mass is 32.7. The smallest absolute Gasteiger partial charge is 0.388 e. The molecule has 4 aliphatic rings. The van der Waals surface area contributed by atoms with Crippen molar-refractivity contribution in [2.24, 2.45) is 11.3 Å². The van der Waals surface area contributed by atoms with Crippen molar-refractivity contribution in [1.82, 2.24) is 39.0 Å². The molecule has 4 aromatic heterocycles. The molecule has 2 saturated carbocycles. The summed E-state index contributed by atoms with van der Waals surface area (Å²) in [4.78, 5) is 35.9. The van der Waals surface area contributed by atoms with Gasteiger partial charge in [0.05, 0.1) is 31.9 Å². The number of nitrogens with two attached hydrogens (primary N) is 2. The van der Waals surface area contributed by atoms with Crippen molar-refractivity contribution in [2.45, 2.75) is 49.2 Å². The first-order chi connectivity index (χ1) is 23.4. The van der Waals surface area contributed by atoms with Gasteiger partial charge < -0.3 is 30.6 Å². The number of aromatic nitrogens is 8. The lowest BCUT2D eigenvalue weighted by atomic mass is 10.0. The number of imidazole rings is 2. The molecule has 8 rings (SSSR count). The van der Waals surface area contributed by atoms with Crippen LogP contribution in [-0.4, -0.2) is 108 Å². The van der Waals surface area contributed by atoms with Crippen molar-refractivity contribution < 1.29 is 46.3 Å². The Morgan fingerprint density at radius 2 is 1.86 bits per heavy atom. The fourth-order valence-corrected chi connectivity index (χ4v) is 10.7. The fraction of sp³-hybridized carbons (Fsp3) is 0.600. The number of fused-ring (bicyclic) bond motifs is 4. The van der Waals surface area contributed by atoms with Crippen LogP contribution in [0.2, 0.25) is 0 Å². The third-order valence-corrected chi connectivity index (χ3v) is 14.3. The first kappa shape index (κ1) is 33.2. The van der Waals surface area contributed by atoms with Crippen LogP contribution >= 0.6 is 26.0 Å². The summed E-state index contributed by atoms with van der Waals surface area (Å²) in [5, 5.41) is 11.8. The molecule has 0 aromatic carbocycles. The topological polar surface area (TPSA) is 278 Å². The number of aliphatic hydroxyl groups excluding tert-OH is 1. The zero-order valence-electron chi connectivity index (χ0n) is 26.1. The zero-order valence-corrected chi connectivity index (χ0v) is 28.7. The molecule has 21 nitrogen and oxygen atoms in total. The van der Waals surface area contributed by atoms with Crippen LogP contribution in [0.1, 0.15) is 18.7 Å². The van der Waals surface area contributed by atoms with E-state index in [-0.39, 0.29) is 42.1 Å². The number of rotatable bonds is 5. The number of nitrogens with zero attached hydrogens (tertiary/aromatic N) is 7. The van der Waals surface area contributed by atoms with Crippen LogP contribution < -0.4 is 17.0 Å². The van der Waals surface area contributed by atoms with Gasteiger partial charge in [0.1, 0.15) is 42.4 Å². The average Bonchev–Trinajstić information content (AvgIpc) is 3.39. The van der Waals surface area contributed by atoms with E-state index in [0.717, 1.165) is 18.5 Å². The lowest BCUT2D eigenvalue weighted by Crippen LogP contribution is -2.38. The molecule has 24 heteroatoms. The molecule has 264 valence electrons. The number of hydrogen-bond donors (Lipinski definition) is 4. The highest BCUT2D eigenvalue weighted by Gasteiger charge is 2.74. The molecule has 6 heterocycles. The summed E-state index contributed by atoms with van der Waals surface area (Å²) >= 11 is 0.837. The van der Waals surface area contributed by atoms with Gasteiger partial charge in [0, 0.05) is 19.6 Å². The minimum atomic E-state index is -4.44. The third-order valence-electron chi connectivity index (χ3n) is 9.64. The second-order valence-corrected chi connectivity index (χ2v) is 18.0. The molecule has 2 aliphatic carbocycles. The number of nitrogen functional groups attached to an aromatic ring is 2. The highest BCUT2D eigenvalue weighted by Crippen LogP contribution is 2.74. The number of aromatic amines is 1. The van der Waals surface area contributed by atoms with E-state index in [0.29, 0.717) is 17.6 Å². The SMILES string of the molecule is CO[C@H]1[C@H]2O[P@@](=O)(OC)OC[C@@]34C[C@@H]3[C@@H](n3cnc5c(N)ncnc53)[C@H](O)[C@@H]4O[P@](=O)(SC)OC[C@H]1O[C@H]2n1cnc2c(=O)[nH]c(N)nc21. The maximum Gasteiger partial charge on any atom is 0.475 e. The van der Waals surface area contributed by atoms with Crippen LogP contribution in [0.5, 0.6) is 0 Å². The second-order valence-electron chi connectivity index (χ2n) is 12.1. The lowest BCUT2D eigenvalue weighted by Gasteiger charge is -2.31. The molecule has 0 amide bonds. The van der Waals surface area contributed by atoms with Crippen LogP contribution in [0.25, 0.3) is 22.3 Å². The Balaban J connectivity index is 1.18. The Kier molecular flexibility index (Phi) is 7.97. The number of ether oxygens (including phenoxy) is 2. The average molecular weight is 743 g/mol. The summed E-state index contributed by atoms with van der Waals surface area (Å²) in [7, 11) is -1.90. The lowest BCUT2D eigenvalue weighted by molar-refractivity contribution is -0.0607. The minimum absolute atomic E-state index is 0.0369. The zero-order chi connectivity index (χ0) is 34.5. The van der Waals surface area contributed by atoms with Crippen molar-refractivity contribution in [3.63, 3.8) is 0 Å². The predicted molar refractivity (Wildman–Crippen MR) is 170 cm³/mol. The summed E-state index contributed by atoms with van der Waals surface area (Å²) in [6.45, 7) is -4.66. The molecule has 2 aliphatic heterocycles. The van der Waals surface area contributed by atoms with Gasteiger partial charge in [-0.3, -0.25) is 37.0 Å². The molecule has 2 saturated heterocycles. The number of H-pyrrole nitrogens is 1. The monoisotopic (exact) mass is 742 g/mol. The molecule has 2 bridgehead atoms. The Morgan fingerprint density at radius 3 is 2.61 bits per heavy atom. The Bertz CT molecular complexity index is 2100. The molecule has 4 aromatic rings. The molecule has 4 fully saturated rings. The second kappa shape index (κ2) is 11.8. The van der Waals surface area contributed by atoms with Crippen LogP contribution in [0.4, 0.5) is 11.8 Å². The molecule has 49 heavy (non-hydrogen) atoms. The van der Waals surface area contributed by atoms with Gasteiger partial charge in [0.2, 0.25) is 5.95 Å².